The van der Waals surface area contributed by atoms with E-state index in [4.69, 9.17) is 0 Å². The van der Waals surface area contributed by atoms with Crippen LogP contribution in [0.4, 0.5) is 10.8 Å². The van der Waals surface area contributed by atoms with Crippen molar-refractivity contribution in [1.29, 1.82) is 0 Å². The van der Waals surface area contributed by atoms with Crippen molar-refractivity contribution in [3.63, 3.8) is 0 Å². The van der Waals surface area contributed by atoms with Gasteiger partial charge < -0.3 is 0 Å². The number of amides is 1. The molecule has 0 bridgehead atoms. The van der Waals surface area contributed by atoms with Crippen molar-refractivity contribution in [2.45, 2.75) is 37.5 Å². The molecule has 1 heterocycles. The second-order valence-corrected chi connectivity index (χ2v) is 7.16. The Kier molecular flexibility index (Phi) is 7.13. The Morgan fingerprint density at radius 2 is 2.04 bits per heavy atom. The Hall–Kier alpha value is -2.00. The molecular weight excluding hydrogens is 348 g/mol. The van der Waals surface area contributed by atoms with E-state index in [1.54, 1.807) is 12.1 Å². The van der Waals surface area contributed by atoms with Crippen LogP contribution in [0.2, 0.25) is 0 Å². The first-order valence-corrected chi connectivity index (χ1v) is 9.38. The first-order valence-electron chi connectivity index (χ1n) is 7.58. The number of nitrogens with zero attached hydrogens (tertiary/aromatic N) is 3. The monoisotopic (exact) mass is 366 g/mol. The summed E-state index contributed by atoms with van der Waals surface area (Å²) in [4.78, 5) is 22.9. The van der Waals surface area contributed by atoms with Gasteiger partial charge >= 0.3 is 0 Å². The molecule has 0 fully saturated rings. The topological polar surface area (TPSA) is 98.0 Å². The number of unbranched alkanes of at least 4 members (excludes halogenated alkanes) is 2. The van der Waals surface area contributed by atoms with E-state index in [2.05, 4.69) is 22.4 Å². The van der Waals surface area contributed by atoms with Crippen molar-refractivity contribution >= 4 is 39.8 Å². The lowest BCUT2D eigenvalue weighted by Crippen LogP contribution is -2.13. The van der Waals surface area contributed by atoms with Crippen LogP contribution in [-0.4, -0.2) is 26.8 Å². The van der Waals surface area contributed by atoms with Gasteiger partial charge in [-0.15, -0.1) is 22.0 Å². The second kappa shape index (κ2) is 9.33. The molecule has 0 spiro atoms. The van der Waals surface area contributed by atoms with Gasteiger partial charge in [0.25, 0.3) is 5.69 Å². The van der Waals surface area contributed by atoms with Crippen LogP contribution in [0.1, 0.15) is 31.2 Å². The number of nitro groups is 1. The third-order valence-electron chi connectivity index (χ3n) is 3.12. The van der Waals surface area contributed by atoms with Crippen molar-refractivity contribution in [3.05, 3.63) is 39.4 Å². The summed E-state index contributed by atoms with van der Waals surface area (Å²) in [5, 5.41) is 22.8. The zero-order valence-electron chi connectivity index (χ0n) is 13.2. The molecule has 1 aromatic heterocycles. The lowest BCUT2D eigenvalue weighted by atomic mass is 10.2. The van der Waals surface area contributed by atoms with E-state index >= 15 is 0 Å². The van der Waals surface area contributed by atoms with Gasteiger partial charge in [-0.2, -0.15) is 0 Å². The summed E-state index contributed by atoms with van der Waals surface area (Å²) in [6, 6.07) is 6.11. The second-order valence-electron chi connectivity index (χ2n) is 5.05. The number of nitro benzene ring substituents is 1. The number of anilines is 1. The largest absolute Gasteiger partial charge is 0.300 e. The maximum atomic E-state index is 11.9. The number of nitrogens with one attached hydrogen (secondary N) is 1. The summed E-state index contributed by atoms with van der Waals surface area (Å²) in [7, 11) is 0. The van der Waals surface area contributed by atoms with Crippen LogP contribution in [0, 0.1) is 10.1 Å². The Morgan fingerprint density at radius 3 is 2.71 bits per heavy atom. The molecule has 1 amide bonds. The average molecular weight is 366 g/mol. The van der Waals surface area contributed by atoms with Gasteiger partial charge in [0.15, 0.2) is 0 Å². The third kappa shape index (κ3) is 5.89. The summed E-state index contributed by atoms with van der Waals surface area (Å²) >= 11 is 2.71. The smallest absolute Gasteiger partial charge is 0.269 e. The number of benzene rings is 1. The summed E-state index contributed by atoms with van der Waals surface area (Å²) in [5.74, 6) is 0.0392. The predicted molar refractivity (Wildman–Crippen MR) is 95.6 cm³/mol. The molecule has 0 atom stereocenters. The van der Waals surface area contributed by atoms with Gasteiger partial charge in [-0.05, 0) is 18.6 Å². The summed E-state index contributed by atoms with van der Waals surface area (Å²) in [6.45, 7) is 2.15. The molecule has 0 radical (unpaired) electrons. The lowest BCUT2D eigenvalue weighted by molar-refractivity contribution is -0.384. The van der Waals surface area contributed by atoms with Crippen LogP contribution in [0.25, 0.3) is 0 Å². The Labute approximate surface area is 148 Å². The maximum Gasteiger partial charge on any atom is 0.269 e. The number of hydrogen-bond donors (Lipinski definition) is 1. The van der Waals surface area contributed by atoms with Crippen LogP contribution >= 0.6 is 23.1 Å². The Bertz CT molecular complexity index is 688. The molecule has 0 aliphatic carbocycles. The standard InChI is InChI=1S/C15H18N4O3S2/c1-2-3-4-5-14-17-18-15(24-14)16-13(20)10-23-12-8-6-11(7-9-12)19(21)22/h6-9H,2-5,10H2,1H3,(H,16,18,20). The fraction of sp³-hybridized carbons (Fsp3) is 0.400. The van der Waals surface area contributed by atoms with Gasteiger partial charge in [-0.3, -0.25) is 20.2 Å². The minimum Gasteiger partial charge on any atom is -0.300 e. The van der Waals surface area contributed by atoms with Crippen molar-refractivity contribution in [2.24, 2.45) is 0 Å². The van der Waals surface area contributed by atoms with Gasteiger partial charge in [-0.25, -0.2) is 0 Å². The van der Waals surface area contributed by atoms with Crippen LogP contribution in [0.3, 0.4) is 0 Å². The summed E-state index contributed by atoms with van der Waals surface area (Å²) < 4.78 is 0. The van der Waals surface area contributed by atoms with Gasteiger partial charge in [0.05, 0.1) is 10.7 Å². The molecule has 7 nitrogen and oxygen atoms in total. The molecule has 0 saturated heterocycles. The predicted octanol–water partition coefficient (Wildman–Crippen LogP) is 3.91. The number of rotatable bonds is 9. The molecular formula is C15H18N4O3S2. The van der Waals surface area contributed by atoms with Crippen molar-refractivity contribution in [2.75, 3.05) is 11.1 Å². The number of aryl methyl sites for hydroxylation is 1. The Balaban J connectivity index is 1.77. The zero-order valence-corrected chi connectivity index (χ0v) is 14.9. The molecule has 0 aliphatic rings. The maximum absolute atomic E-state index is 11.9. The van der Waals surface area contributed by atoms with Gasteiger partial charge in [0.1, 0.15) is 5.01 Å². The van der Waals surface area contributed by atoms with E-state index < -0.39 is 4.92 Å². The molecule has 2 rings (SSSR count). The SMILES string of the molecule is CCCCCc1nnc(NC(=O)CSc2ccc([N+](=O)[O-])cc2)s1. The molecule has 0 saturated carbocycles. The van der Waals surface area contributed by atoms with Crippen LogP contribution in [-0.2, 0) is 11.2 Å². The van der Waals surface area contributed by atoms with E-state index in [0.717, 1.165) is 35.6 Å². The summed E-state index contributed by atoms with van der Waals surface area (Å²) in [5.41, 5.74) is 0.0354. The minimum absolute atomic E-state index is 0.0354. The molecule has 1 N–H and O–H groups in total. The lowest BCUT2D eigenvalue weighted by Gasteiger charge is -2.01. The average Bonchev–Trinajstić information content (AvgIpc) is 3.01. The quantitative estimate of drug-likeness (QED) is 0.313. The van der Waals surface area contributed by atoms with Crippen LogP contribution in [0.15, 0.2) is 29.2 Å². The van der Waals surface area contributed by atoms with Crippen LogP contribution < -0.4 is 5.32 Å². The molecule has 128 valence electrons. The number of thioether (sulfide) groups is 1. The molecule has 9 heteroatoms. The minimum atomic E-state index is -0.450. The molecule has 0 aliphatic heterocycles. The summed E-state index contributed by atoms with van der Waals surface area (Å²) in [6.07, 6.45) is 4.28. The van der Waals surface area contributed by atoms with Crippen LogP contribution in [0.5, 0.6) is 0 Å². The fourth-order valence-corrected chi connectivity index (χ4v) is 3.40. The highest BCUT2D eigenvalue weighted by atomic mass is 32.2. The highest BCUT2D eigenvalue weighted by molar-refractivity contribution is 8.00. The number of aromatic nitrogens is 2. The van der Waals surface area contributed by atoms with Gasteiger partial charge in [-0.1, -0.05) is 31.1 Å². The molecule has 0 unspecified atom stereocenters. The van der Waals surface area contributed by atoms with Crippen molar-refractivity contribution in [1.82, 2.24) is 10.2 Å². The van der Waals surface area contributed by atoms with E-state index in [-0.39, 0.29) is 17.3 Å². The Morgan fingerprint density at radius 1 is 1.29 bits per heavy atom. The number of hydrogen-bond acceptors (Lipinski definition) is 7. The third-order valence-corrected chi connectivity index (χ3v) is 5.04. The van der Waals surface area contributed by atoms with E-state index in [9.17, 15) is 14.9 Å². The van der Waals surface area contributed by atoms with E-state index in [1.165, 1.54) is 35.2 Å². The number of carbonyl (C=O) groups is 1. The first kappa shape index (κ1) is 18.3. The van der Waals surface area contributed by atoms with E-state index in [1.807, 2.05) is 0 Å². The number of carbonyl (C=O) groups excluding carboxylic acids is 1. The van der Waals surface area contributed by atoms with Crippen molar-refractivity contribution < 1.29 is 9.72 Å². The first-order chi connectivity index (χ1) is 11.6. The van der Waals surface area contributed by atoms with E-state index in [0.29, 0.717) is 5.13 Å². The van der Waals surface area contributed by atoms with Gasteiger partial charge in [0, 0.05) is 23.4 Å². The zero-order chi connectivity index (χ0) is 17.4. The highest BCUT2D eigenvalue weighted by Crippen LogP contribution is 2.22. The molecule has 24 heavy (non-hydrogen) atoms. The van der Waals surface area contributed by atoms with Crippen molar-refractivity contribution in [3.8, 4) is 0 Å². The normalized spacial score (nSPS) is 10.5. The van der Waals surface area contributed by atoms with Gasteiger partial charge in [0.2, 0.25) is 11.0 Å². The highest BCUT2D eigenvalue weighted by Gasteiger charge is 2.10. The fourth-order valence-electron chi connectivity index (χ4n) is 1.90. The molecule has 1 aromatic carbocycles. The number of non-ortho nitro benzene ring substituents is 1. The molecule has 2 aromatic rings.